The van der Waals surface area contributed by atoms with E-state index in [0.29, 0.717) is 26.2 Å². The highest BCUT2D eigenvalue weighted by Gasteiger charge is 2.33. The Hall–Kier alpha value is -0.170. The first kappa shape index (κ1) is 11.9. The van der Waals surface area contributed by atoms with Crippen molar-refractivity contribution in [3.8, 4) is 0 Å². The van der Waals surface area contributed by atoms with Gasteiger partial charge in [0.1, 0.15) is 0 Å². The molecule has 1 saturated heterocycles. The summed E-state index contributed by atoms with van der Waals surface area (Å²) < 4.78 is 25.3. The Morgan fingerprint density at radius 2 is 2.21 bits per heavy atom. The number of rotatable bonds is 3. The number of nitrogens with two attached hydrogens (primary N) is 1. The summed E-state index contributed by atoms with van der Waals surface area (Å²) in [5, 5.41) is 2.77. The van der Waals surface area contributed by atoms with Gasteiger partial charge in [-0.15, -0.1) is 0 Å². The van der Waals surface area contributed by atoms with Crippen LogP contribution in [-0.4, -0.2) is 50.2 Å². The molecular formula is C8H19N3O2S. The first-order valence-electron chi connectivity index (χ1n) is 4.91. The van der Waals surface area contributed by atoms with Crippen molar-refractivity contribution in [2.75, 3.05) is 26.2 Å². The lowest BCUT2D eigenvalue weighted by molar-refractivity contribution is 0.270. The molecule has 0 spiro atoms. The Morgan fingerprint density at radius 1 is 1.57 bits per heavy atom. The number of nitrogens with one attached hydrogen (secondary N) is 1. The Bertz CT molecular complexity index is 276. The Labute approximate surface area is 85.7 Å². The molecule has 1 aliphatic heterocycles. The van der Waals surface area contributed by atoms with Gasteiger partial charge in [-0.3, -0.25) is 0 Å². The monoisotopic (exact) mass is 221 g/mol. The van der Waals surface area contributed by atoms with Gasteiger partial charge in [-0.1, -0.05) is 0 Å². The second-order valence-electron chi connectivity index (χ2n) is 3.80. The van der Waals surface area contributed by atoms with Crippen LogP contribution in [-0.2, 0) is 10.0 Å². The van der Waals surface area contributed by atoms with Gasteiger partial charge in [-0.2, -0.15) is 4.31 Å². The fraction of sp³-hybridized carbons (Fsp3) is 1.00. The topological polar surface area (TPSA) is 75.4 Å². The van der Waals surface area contributed by atoms with Gasteiger partial charge in [0.25, 0.3) is 0 Å². The van der Waals surface area contributed by atoms with Gasteiger partial charge in [0.15, 0.2) is 0 Å². The van der Waals surface area contributed by atoms with Crippen LogP contribution in [0, 0.1) is 0 Å². The van der Waals surface area contributed by atoms with Crippen LogP contribution in [0.15, 0.2) is 0 Å². The van der Waals surface area contributed by atoms with Gasteiger partial charge in [-0.25, -0.2) is 8.42 Å². The van der Waals surface area contributed by atoms with Crippen molar-refractivity contribution in [3.63, 3.8) is 0 Å². The van der Waals surface area contributed by atoms with Crippen LogP contribution in [0.25, 0.3) is 0 Å². The highest BCUT2D eigenvalue weighted by molar-refractivity contribution is 7.89. The number of sulfonamides is 1. The summed E-state index contributed by atoms with van der Waals surface area (Å²) in [6.07, 6.45) is 0. The van der Waals surface area contributed by atoms with E-state index >= 15 is 0 Å². The zero-order valence-electron chi connectivity index (χ0n) is 8.73. The van der Waals surface area contributed by atoms with Gasteiger partial charge in [0, 0.05) is 32.2 Å². The van der Waals surface area contributed by atoms with Crippen molar-refractivity contribution in [1.82, 2.24) is 9.62 Å². The third-order valence-corrected chi connectivity index (χ3v) is 4.82. The van der Waals surface area contributed by atoms with E-state index in [1.807, 2.05) is 0 Å². The van der Waals surface area contributed by atoms with Crippen LogP contribution in [0.1, 0.15) is 13.8 Å². The molecule has 1 heterocycles. The quantitative estimate of drug-likeness (QED) is 0.638. The van der Waals surface area contributed by atoms with Crippen LogP contribution in [0.4, 0.5) is 0 Å². The summed E-state index contributed by atoms with van der Waals surface area (Å²) in [5.74, 6) is 0. The maximum absolute atomic E-state index is 11.9. The van der Waals surface area contributed by atoms with Crippen molar-refractivity contribution in [1.29, 1.82) is 0 Å². The van der Waals surface area contributed by atoms with Crippen molar-refractivity contribution in [2.45, 2.75) is 25.1 Å². The van der Waals surface area contributed by atoms with Crippen LogP contribution in [0.2, 0.25) is 0 Å². The fourth-order valence-corrected chi connectivity index (χ4v) is 3.01. The number of nitrogens with zero attached hydrogens (tertiary/aromatic N) is 1. The summed E-state index contributed by atoms with van der Waals surface area (Å²) in [4.78, 5) is 0. The molecule has 0 aromatic carbocycles. The van der Waals surface area contributed by atoms with E-state index in [1.165, 1.54) is 4.31 Å². The lowest BCUT2D eigenvalue weighted by atomic mass is 10.2. The molecule has 1 atom stereocenters. The van der Waals surface area contributed by atoms with Gasteiger partial charge in [0.2, 0.25) is 10.0 Å². The molecule has 3 N–H and O–H groups in total. The van der Waals surface area contributed by atoms with E-state index in [2.05, 4.69) is 5.32 Å². The standard InChI is InChI=1S/C8H19N3O2S/c1-7(2)14(12,13)11-4-3-10-6-8(11)5-9/h7-8,10H,3-6,9H2,1-2H3. The smallest absolute Gasteiger partial charge is 0.216 e. The normalized spacial score (nSPS) is 25.6. The minimum Gasteiger partial charge on any atom is -0.329 e. The highest BCUT2D eigenvalue weighted by Crippen LogP contribution is 2.13. The average molecular weight is 221 g/mol. The maximum Gasteiger partial charge on any atom is 0.216 e. The predicted octanol–water partition coefficient (Wildman–Crippen LogP) is -1.04. The lowest BCUT2D eigenvalue weighted by Gasteiger charge is -2.35. The van der Waals surface area contributed by atoms with Crippen molar-refractivity contribution in [2.24, 2.45) is 5.73 Å². The van der Waals surface area contributed by atoms with Crippen LogP contribution < -0.4 is 11.1 Å². The predicted molar refractivity (Wildman–Crippen MR) is 56.5 cm³/mol. The number of hydrogen-bond acceptors (Lipinski definition) is 4. The molecule has 0 bridgehead atoms. The molecule has 0 amide bonds. The maximum atomic E-state index is 11.9. The second kappa shape index (κ2) is 4.57. The summed E-state index contributed by atoms with van der Waals surface area (Å²) in [6, 6.07) is -0.0869. The minimum atomic E-state index is -3.15. The van der Waals surface area contributed by atoms with Crippen LogP contribution in [0.3, 0.4) is 0 Å². The molecule has 1 aliphatic rings. The third-order valence-electron chi connectivity index (χ3n) is 2.49. The summed E-state index contributed by atoms with van der Waals surface area (Å²) in [6.45, 7) is 5.67. The fourth-order valence-electron chi connectivity index (χ4n) is 1.55. The van der Waals surface area contributed by atoms with Gasteiger partial charge >= 0.3 is 0 Å². The lowest BCUT2D eigenvalue weighted by Crippen LogP contribution is -2.57. The number of piperazine rings is 1. The molecule has 0 aliphatic carbocycles. The van der Waals surface area contributed by atoms with E-state index < -0.39 is 10.0 Å². The summed E-state index contributed by atoms with van der Waals surface area (Å²) >= 11 is 0. The molecule has 1 rings (SSSR count). The molecule has 1 fully saturated rings. The molecule has 0 aromatic heterocycles. The zero-order valence-corrected chi connectivity index (χ0v) is 9.55. The zero-order chi connectivity index (χ0) is 10.8. The van der Waals surface area contributed by atoms with E-state index in [-0.39, 0.29) is 11.3 Å². The van der Waals surface area contributed by atoms with Crippen molar-refractivity contribution < 1.29 is 8.42 Å². The van der Waals surface area contributed by atoms with Crippen molar-refractivity contribution >= 4 is 10.0 Å². The van der Waals surface area contributed by atoms with Gasteiger partial charge < -0.3 is 11.1 Å². The van der Waals surface area contributed by atoms with Crippen LogP contribution in [0.5, 0.6) is 0 Å². The largest absolute Gasteiger partial charge is 0.329 e. The summed E-state index contributed by atoms with van der Waals surface area (Å²) in [7, 11) is -3.15. The molecule has 14 heavy (non-hydrogen) atoms. The van der Waals surface area contributed by atoms with E-state index in [9.17, 15) is 8.42 Å². The third kappa shape index (κ3) is 2.25. The first-order chi connectivity index (χ1) is 6.50. The molecule has 6 heteroatoms. The van der Waals surface area contributed by atoms with E-state index in [0.717, 1.165) is 0 Å². The minimum absolute atomic E-state index is 0.0869. The molecule has 1 unspecified atom stereocenters. The first-order valence-corrected chi connectivity index (χ1v) is 6.42. The Balaban J connectivity index is 2.83. The van der Waals surface area contributed by atoms with Crippen LogP contribution >= 0.6 is 0 Å². The Kier molecular flexibility index (Phi) is 3.88. The summed E-state index contributed by atoms with van der Waals surface area (Å²) in [5.41, 5.74) is 5.54. The Morgan fingerprint density at radius 3 is 2.71 bits per heavy atom. The van der Waals surface area contributed by atoms with E-state index in [1.54, 1.807) is 13.8 Å². The molecule has 84 valence electrons. The highest BCUT2D eigenvalue weighted by atomic mass is 32.2. The molecular weight excluding hydrogens is 202 g/mol. The molecule has 0 saturated carbocycles. The van der Waals surface area contributed by atoms with Gasteiger partial charge in [0.05, 0.1) is 5.25 Å². The molecule has 0 radical (unpaired) electrons. The SMILES string of the molecule is CC(C)S(=O)(=O)N1CCNCC1CN. The van der Waals surface area contributed by atoms with E-state index in [4.69, 9.17) is 5.73 Å². The second-order valence-corrected chi connectivity index (χ2v) is 6.24. The van der Waals surface area contributed by atoms with Gasteiger partial charge in [-0.05, 0) is 13.8 Å². The molecule has 5 nitrogen and oxygen atoms in total. The molecule has 0 aromatic rings. The van der Waals surface area contributed by atoms with Crippen molar-refractivity contribution in [3.05, 3.63) is 0 Å². The average Bonchev–Trinajstić information content (AvgIpc) is 2.17. The number of hydrogen-bond donors (Lipinski definition) is 2.